The van der Waals surface area contributed by atoms with Crippen molar-refractivity contribution in [3.05, 3.63) is 24.3 Å². The summed E-state index contributed by atoms with van der Waals surface area (Å²) in [6.45, 7) is 4.92. The van der Waals surface area contributed by atoms with Crippen LogP contribution in [0.2, 0.25) is 0 Å². The van der Waals surface area contributed by atoms with E-state index in [0.29, 0.717) is 25.9 Å². The number of aliphatic hydroxyl groups excluding tert-OH is 2. The van der Waals surface area contributed by atoms with Crippen molar-refractivity contribution in [2.24, 2.45) is 0 Å². The molecule has 0 aromatic rings. The predicted octanol–water partition coefficient (Wildman–Crippen LogP) is 17.5. The van der Waals surface area contributed by atoms with Crippen LogP contribution >= 0.6 is 0 Å². The number of amides is 1. The summed E-state index contributed by atoms with van der Waals surface area (Å²) in [5, 5.41) is 23.3. The summed E-state index contributed by atoms with van der Waals surface area (Å²) in [7, 11) is 0. The molecule has 378 valence electrons. The van der Waals surface area contributed by atoms with Crippen LogP contribution in [0.1, 0.15) is 309 Å². The van der Waals surface area contributed by atoms with Gasteiger partial charge in [-0.3, -0.25) is 9.59 Å². The Labute approximate surface area is 399 Å². The fourth-order valence-electron chi connectivity index (χ4n) is 8.87. The van der Waals surface area contributed by atoms with Gasteiger partial charge in [-0.15, -0.1) is 0 Å². The zero-order valence-corrected chi connectivity index (χ0v) is 43.0. The molecule has 0 radical (unpaired) electrons. The van der Waals surface area contributed by atoms with Crippen molar-refractivity contribution >= 4 is 11.9 Å². The van der Waals surface area contributed by atoms with Crippen LogP contribution in [0.5, 0.6) is 0 Å². The average Bonchev–Trinajstić information content (AvgIpc) is 3.29. The molecule has 0 saturated heterocycles. The average molecular weight is 903 g/mol. The number of ether oxygens (including phenoxy) is 1. The SMILES string of the molecule is CCCCCCCCCCCCCCCCCCCC(O)C(CO)NC(=O)CCCCCCCCCCCC/C=C\C=C/CCCCCOC(=O)CCCCCCCCCCCCC. The number of hydrogen-bond donors (Lipinski definition) is 3. The number of rotatable bonds is 53. The van der Waals surface area contributed by atoms with E-state index in [1.165, 1.54) is 205 Å². The van der Waals surface area contributed by atoms with Gasteiger partial charge in [-0.25, -0.2) is 0 Å². The van der Waals surface area contributed by atoms with E-state index in [9.17, 15) is 19.8 Å². The highest BCUT2D eigenvalue weighted by Crippen LogP contribution is 2.17. The summed E-state index contributed by atoms with van der Waals surface area (Å²) in [5.74, 6) is -0.0563. The quantitative estimate of drug-likeness (QED) is 0.0321. The van der Waals surface area contributed by atoms with Crippen LogP contribution in [0.3, 0.4) is 0 Å². The number of carbonyl (C=O) groups is 2. The standard InChI is InChI=1S/C58H111NO5/c1-3-5-7-9-11-13-15-16-17-21-24-27-31-34-38-42-46-50-56(61)55(54-60)59-57(62)51-47-43-39-35-32-28-25-22-19-18-20-23-26-29-33-37-41-45-49-53-64-58(63)52-48-44-40-36-30-14-12-10-8-6-4-2/h23,26,29,33,55-56,60-61H,3-22,24-25,27-28,30-32,34-54H2,1-2H3,(H,59,62)/b26-23-,33-29-. The van der Waals surface area contributed by atoms with Crippen molar-refractivity contribution in [1.29, 1.82) is 0 Å². The van der Waals surface area contributed by atoms with Crippen molar-refractivity contribution in [2.45, 2.75) is 321 Å². The number of hydrogen-bond acceptors (Lipinski definition) is 5. The van der Waals surface area contributed by atoms with Gasteiger partial charge in [0.25, 0.3) is 0 Å². The lowest BCUT2D eigenvalue weighted by Gasteiger charge is -2.22. The van der Waals surface area contributed by atoms with Crippen LogP contribution in [0.4, 0.5) is 0 Å². The van der Waals surface area contributed by atoms with E-state index in [-0.39, 0.29) is 18.5 Å². The molecule has 2 atom stereocenters. The summed E-state index contributed by atoms with van der Waals surface area (Å²) >= 11 is 0. The van der Waals surface area contributed by atoms with Crippen molar-refractivity contribution in [3.8, 4) is 0 Å². The number of aliphatic hydroxyl groups is 2. The Hall–Kier alpha value is -1.66. The summed E-state index contributed by atoms with van der Waals surface area (Å²) in [6.07, 6.45) is 64.5. The first-order valence-corrected chi connectivity index (χ1v) is 28.6. The van der Waals surface area contributed by atoms with Gasteiger partial charge >= 0.3 is 5.97 Å². The Bertz CT molecular complexity index is 997. The minimum Gasteiger partial charge on any atom is -0.466 e. The molecule has 6 nitrogen and oxygen atoms in total. The second kappa shape index (κ2) is 54.0. The first kappa shape index (κ1) is 62.3. The molecule has 6 heteroatoms. The number of esters is 1. The topological polar surface area (TPSA) is 95.9 Å². The molecule has 0 bridgehead atoms. The second-order valence-electron chi connectivity index (χ2n) is 19.7. The van der Waals surface area contributed by atoms with Crippen LogP contribution in [-0.4, -0.2) is 47.4 Å². The van der Waals surface area contributed by atoms with Crippen molar-refractivity contribution < 1.29 is 24.5 Å². The van der Waals surface area contributed by atoms with Gasteiger partial charge in [0.1, 0.15) is 0 Å². The van der Waals surface area contributed by atoms with Crippen LogP contribution in [0, 0.1) is 0 Å². The van der Waals surface area contributed by atoms with E-state index < -0.39 is 12.1 Å². The van der Waals surface area contributed by atoms with Gasteiger partial charge in [-0.2, -0.15) is 0 Å². The Morgan fingerprint density at radius 1 is 0.438 bits per heavy atom. The number of unbranched alkanes of at least 4 members (excludes halogenated alkanes) is 39. The van der Waals surface area contributed by atoms with Crippen LogP contribution in [0.25, 0.3) is 0 Å². The van der Waals surface area contributed by atoms with E-state index >= 15 is 0 Å². The molecule has 0 aromatic heterocycles. The molecule has 0 rings (SSSR count). The normalized spacial score (nSPS) is 12.8. The van der Waals surface area contributed by atoms with Crippen LogP contribution in [0.15, 0.2) is 24.3 Å². The second-order valence-corrected chi connectivity index (χ2v) is 19.7. The highest BCUT2D eigenvalue weighted by Gasteiger charge is 2.20. The summed E-state index contributed by atoms with van der Waals surface area (Å²) in [5.41, 5.74) is 0. The van der Waals surface area contributed by atoms with Gasteiger partial charge < -0.3 is 20.3 Å². The summed E-state index contributed by atoms with van der Waals surface area (Å²) in [4.78, 5) is 24.5. The first-order valence-electron chi connectivity index (χ1n) is 28.6. The van der Waals surface area contributed by atoms with Crippen molar-refractivity contribution in [3.63, 3.8) is 0 Å². The third kappa shape index (κ3) is 49.8. The van der Waals surface area contributed by atoms with Gasteiger partial charge in [-0.05, 0) is 57.8 Å². The van der Waals surface area contributed by atoms with Gasteiger partial charge in [0.05, 0.1) is 25.4 Å². The maximum absolute atomic E-state index is 12.5. The fraction of sp³-hybridized carbons (Fsp3) is 0.897. The first-order chi connectivity index (χ1) is 31.5. The fourth-order valence-corrected chi connectivity index (χ4v) is 8.87. The molecule has 0 aliphatic rings. The molecule has 0 saturated carbocycles. The lowest BCUT2D eigenvalue weighted by atomic mass is 10.0. The monoisotopic (exact) mass is 902 g/mol. The lowest BCUT2D eigenvalue weighted by molar-refractivity contribution is -0.143. The molecular formula is C58H111NO5. The highest BCUT2D eigenvalue weighted by atomic mass is 16.5. The van der Waals surface area contributed by atoms with E-state index in [2.05, 4.69) is 43.5 Å². The smallest absolute Gasteiger partial charge is 0.305 e. The third-order valence-electron chi connectivity index (χ3n) is 13.3. The lowest BCUT2D eigenvalue weighted by Crippen LogP contribution is -2.45. The molecule has 0 spiro atoms. The summed E-state index contributed by atoms with van der Waals surface area (Å²) in [6, 6.07) is -0.549. The Balaban J connectivity index is 3.48. The Morgan fingerprint density at radius 3 is 1.16 bits per heavy atom. The predicted molar refractivity (Wildman–Crippen MR) is 278 cm³/mol. The third-order valence-corrected chi connectivity index (χ3v) is 13.3. The molecule has 0 aliphatic carbocycles. The van der Waals surface area contributed by atoms with Crippen molar-refractivity contribution in [1.82, 2.24) is 5.32 Å². The van der Waals surface area contributed by atoms with Gasteiger partial charge in [-0.1, -0.05) is 263 Å². The van der Waals surface area contributed by atoms with Crippen LogP contribution in [-0.2, 0) is 14.3 Å². The van der Waals surface area contributed by atoms with E-state index in [0.717, 1.165) is 70.6 Å². The molecule has 0 aromatic carbocycles. The zero-order chi connectivity index (χ0) is 46.5. The minimum absolute atomic E-state index is 0.0134. The number of allylic oxidation sites excluding steroid dienone is 4. The maximum atomic E-state index is 12.5. The van der Waals surface area contributed by atoms with Crippen LogP contribution < -0.4 is 5.32 Å². The molecule has 3 N–H and O–H groups in total. The Morgan fingerprint density at radius 2 is 0.766 bits per heavy atom. The molecule has 0 heterocycles. The minimum atomic E-state index is -0.671. The maximum Gasteiger partial charge on any atom is 0.305 e. The van der Waals surface area contributed by atoms with Gasteiger partial charge in [0.15, 0.2) is 0 Å². The van der Waals surface area contributed by atoms with Gasteiger partial charge in [0.2, 0.25) is 5.91 Å². The highest BCUT2D eigenvalue weighted by molar-refractivity contribution is 5.76. The molecule has 64 heavy (non-hydrogen) atoms. The molecule has 1 amide bonds. The zero-order valence-electron chi connectivity index (χ0n) is 43.0. The van der Waals surface area contributed by atoms with E-state index in [4.69, 9.17) is 4.74 Å². The number of nitrogens with one attached hydrogen (secondary N) is 1. The van der Waals surface area contributed by atoms with E-state index in [1.807, 2.05) is 0 Å². The molecule has 2 unspecified atom stereocenters. The van der Waals surface area contributed by atoms with Crippen molar-refractivity contribution in [2.75, 3.05) is 13.2 Å². The van der Waals surface area contributed by atoms with E-state index in [1.54, 1.807) is 0 Å². The summed E-state index contributed by atoms with van der Waals surface area (Å²) < 4.78 is 5.43. The molecule has 0 aliphatic heterocycles. The largest absolute Gasteiger partial charge is 0.466 e. The molecular weight excluding hydrogens is 791 g/mol. The number of carbonyl (C=O) groups excluding carboxylic acids is 2. The Kier molecular flexibility index (Phi) is 52.6. The van der Waals surface area contributed by atoms with Gasteiger partial charge in [0, 0.05) is 12.8 Å². The molecule has 0 fully saturated rings.